The standard InChI is InChI=1S/C24H26Cl2N2O/c1-3-28(4-2)22-15-13-21(14-16-22)27-23(17-5-9-19(25)10-6-17)24(29)18-7-11-20(26)12-8-18/h5-16,23-24,27,29H,3-4H2,1-2H3/t23-,24+/m0/s1. The number of nitrogens with one attached hydrogen (secondary N) is 1. The minimum Gasteiger partial charge on any atom is -0.386 e. The van der Waals surface area contributed by atoms with Crippen molar-refractivity contribution in [1.82, 2.24) is 0 Å². The Bertz CT molecular complexity index is 892. The van der Waals surface area contributed by atoms with Gasteiger partial charge < -0.3 is 15.3 Å². The second kappa shape index (κ2) is 10.0. The Labute approximate surface area is 182 Å². The van der Waals surface area contributed by atoms with E-state index in [1.54, 1.807) is 12.1 Å². The second-order valence-electron chi connectivity index (χ2n) is 6.89. The van der Waals surface area contributed by atoms with Crippen LogP contribution in [0.2, 0.25) is 10.0 Å². The maximum atomic E-state index is 11.1. The minimum atomic E-state index is -0.754. The van der Waals surface area contributed by atoms with E-state index in [1.807, 2.05) is 48.5 Å². The molecule has 5 heteroatoms. The quantitative estimate of drug-likeness (QED) is 0.417. The van der Waals surface area contributed by atoms with Gasteiger partial charge in [-0.15, -0.1) is 0 Å². The summed E-state index contributed by atoms with van der Waals surface area (Å²) in [5.41, 5.74) is 3.86. The number of halogens is 2. The lowest BCUT2D eigenvalue weighted by Crippen LogP contribution is -2.22. The normalized spacial score (nSPS) is 13.0. The number of aliphatic hydroxyl groups excluding tert-OH is 1. The van der Waals surface area contributed by atoms with Gasteiger partial charge in [0.2, 0.25) is 0 Å². The lowest BCUT2D eigenvalue weighted by molar-refractivity contribution is 0.155. The topological polar surface area (TPSA) is 35.5 Å². The molecule has 2 atom stereocenters. The third kappa shape index (κ3) is 5.45. The number of anilines is 2. The Kier molecular flexibility index (Phi) is 7.43. The van der Waals surface area contributed by atoms with Crippen molar-refractivity contribution in [2.75, 3.05) is 23.3 Å². The van der Waals surface area contributed by atoms with Gasteiger partial charge >= 0.3 is 0 Å². The SMILES string of the molecule is CCN(CC)c1ccc(N[C@@H](c2ccc(Cl)cc2)[C@H](O)c2ccc(Cl)cc2)cc1. The molecule has 3 aromatic carbocycles. The van der Waals surface area contributed by atoms with Crippen LogP contribution < -0.4 is 10.2 Å². The van der Waals surface area contributed by atoms with Gasteiger partial charge in [-0.1, -0.05) is 47.5 Å². The molecule has 0 aliphatic rings. The molecule has 0 spiro atoms. The van der Waals surface area contributed by atoms with Crippen LogP contribution in [0.4, 0.5) is 11.4 Å². The Morgan fingerprint density at radius 2 is 1.24 bits per heavy atom. The number of aliphatic hydroxyl groups is 1. The molecule has 152 valence electrons. The van der Waals surface area contributed by atoms with Crippen LogP contribution >= 0.6 is 23.2 Å². The molecule has 3 rings (SSSR count). The van der Waals surface area contributed by atoms with Crippen LogP contribution in [0.1, 0.15) is 37.1 Å². The minimum absolute atomic E-state index is 0.340. The fourth-order valence-corrected chi connectivity index (χ4v) is 3.66. The van der Waals surface area contributed by atoms with Crippen LogP contribution in [-0.2, 0) is 0 Å². The number of rotatable bonds is 8. The Balaban J connectivity index is 1.88. The molecule has 0 amide bonds. The van der Waals surface area contributed by atoms with Gasteiger partial charge in [0.15, 0.2) is 0 Å². The molecule has 0 saturated heterocycles. The van der Waals surface area contributed by atoms with Crippen LogP contribution in [0.3, 0.4) is 0 Å². The molecule has 3 aromatic rings. The molecule has 0 saturated carbocycles. The zero-order valence-electron chi connectivity index (χ0n) is 16.6. The zero-order valence-corrected chi connectivity index (χ0v) is 18.2. The first-order valence-corrected chi connectivity index (χ1v) is 10.6. The van der Waals surface area contributed by atoms with Gasteiger partial charge in [0.05, 0.1) is 6.04 Å². The van der Waals surface area contributed by atoms with Gasteiger partial charge in [-0.3, -0.25) is 0 Å². The molecule has 0 fully saturated rings. The van der Waals surface area contributed by atoms with Gasteiger partial charge in [-0.2, -0.15) is 0 Å². The van der Waals surface area contributed by atoms with Crippen molar-refractivity contribution in [2.45, 2.75) is 26.0 Å². The van der Waals surface area contributed by atoms with E-state index in [9.17, 15) is 5.11 Å². The average molecular weight is 429 g/mol. The molecule has 2 N–H and O–H groups in total. The van der Waals surface area contributed by atoms with E-state index in [1.165, 1.54) is 5.69 Å². The summed E-state index contributed by atoms with van der Waals surface area (Å²) in [7, 11) is 0. The highest BCUT2D eigenvalue weighted by Crippen LogP contribution is 2.33. The van der Waals surface area contributed by atoms with Crippen molar-refractivity contribution in [3.8, 4) is 0 Å². The molecule has 0 unspecified atom stereocenters. The molecule has 0 bridgehead atoms. The van der Waals surface area contributed by atoms with Gasteiger partial charge in [-0.05, 0) is 73.5 Å². The van der Waals surface area contributed by atoms with E-state index < -0.39 is 6.10 Å². The van der Waals surface area contributed by atoms with Crippen molar-refractivity contribution in [3.63, 3.8) is 0 Å². The number of benzene rings is 3. The summed E-state index contributed by atoms with van der Waals surface area (Å²) < 4.78 is 0. The fourth-order valence-electron chi connectivity index (χ4n) is 3.40. The van der Waals surface area contributed by atoms with Crippen molar-refractivity contribution < 1.29 is 5.11 Å². The van der Waals surface area contributed by atoms with E-state index >= 15 is 0 Å². The molecule has 0 aromatic heterocycles. The number of hydrogen-bond donors (Lipinski definition) is 2. The van der Waals surface area contributed by atoms with Gasteiger partial charge in [0.25, 0.3) is 0 Å². The molecule has 0 radical (unpaired) electrons. The number of hydrogen-bond acceptors (Lipinski definition) is 3. The van der Waals surface area contributed by atoms with Crippen LogP contribution in [0.5, 0.6) is 0 Å². The highest BCUT2D eigenvalue weighted by molar-refractivity contribution is 6.30. The molecule has 0 aliphatic carbocycles. The van der Waals surface area contributed by atoms with Gasteiger partial charge in [0.1, 0.15) is 6.10 Å². The van der Waals surface area contributed by atoms with E-state index in [-0.39, 0.29) is 6.04 Å². The number of nitrogens with zero attached hydrogens (tertiary/aromatic N) is 1. The average Bonchev–Trinajstić information content (AvgIpc) is 2.75. The molecular formula is C24H26Cl2N2O. The Morgan fingerprint density at radius 1 is 0.759 bits per heavy atom. The van der Waals surface area contributed by atoms with Crippen molar-refractivity contribution in [1.29, 1.82) is 0 Å². The van der Waals surface area contributed by atoms with E-state index in [2.05, 4.69) is 36.2 Å². The predicted octanol–water partition coefficient (Wildman–Crippen LogP) is 6.73. The summed E-state index contributed by atoms with van der Waals surface area (Å²) >= 11 is 12.1. The summed E-state index contributed by atoms with van der Waals surface area (Å²) in [6.45, 7) is 6.22. The van der Waals surface area contributed by atoms with Crippen LogP contribution in [0, 0.1) is 0 Å². The summed E-state index contributed by atoms with van der Waals surface area (Å²) in [6.07, 6.45) is -0.754. The Hall–Kier alpha value is -2.20. The monoisotopic (exact) mass is 428 g/mol. The summed E-state index contributed by atoms with van der Waals surface area (Å²) in [6, 6.07) is 22.8. The predicted molar refractivity (Wildman–Crippen MR) is 124 cm³/mol. The molecular weight excluding hydrogens is 403 g/mol. The molecule has 29 heavy (non-hydrogen) atoms. The third-order valence-corrected chi connectivity index (χ3v) is 5.58. The highest BCUT2D eigenvalue weighted by Gasteiger charge is 2.23. The second-order valence-corrected chi connectivity index (χ2v) is 7.76. The highest BCUT2D eigenvalue weighted by atomic mass is 35.5. The van der Waals surface area contributed by atoms with Crippen molar-refractivity contribution in [3.05, 3.63) is 94.0 Å². The first kappa shape index (κ1) is 21.5. The lowest BCUT2D eigenvalue weighted by atomic mass is 9.95. The third-order valence-electron chi connectivity index (χ3n) is 5.07. The molecule has 0 heterocycles. The maximum Gasteiger partial charge on any atom is 0.103 e. The Morgan fingerprint density at radius 3 is 1.72 bits per heavy atom. The first-order chi connectivity index (χ1) is 14.0. The summed E-state index contributed by atoms with van der Waals surface area (Å²) in [5, 5.41) is 15.9. The first-order valence-electron chi connectivity index (χ1n) is 9.82. The maximum absolute atomic E-state index is 11.1. The summed E-state index contributed by atoms with van der Waals surface area (Å²) in [5.74, 6) is 0. The fraction of sp³-hybridized carbons (Fsp3) is 0.250. The lowest BCUT2D eigenvalue weighted by Gasteiger charge is -2.27. The van der Waals surface area contributed by atoms with Crippen molar-refractivity contribution in [2.24, 2.45) is 0 Å². The van der Waals surface area contributed by atoms with Crippen LogP contribution in [0.15, 0.2) is 72.8 Å². The zero-order chi connectivity index (χ0) is 20.8. The van der Waals surface area contributed by atoms with E-state index in [4.69, 9.17) is 23.2 Å². The van der Waals surface area contributed by atoms with Crippen LogP contribution in [0.25, 0.3) is 0 Å². The summed E-state index contributed by atoms with van der Waals surface area (Å²) in [4.78, 5) is 2.29. The van der Waals surface area contributed by atoms with Crippen molar-refractivity contribution >= 4 is 34.6 Å². The van der Waals surface area contributed by atoms with Gasteiger partial charge in [-0.25, -0.2) is 0 Å². The van der Waals surface area contributed by atoms with Crippen LogP contribution in [-0.4, -0.2) is 18.2 Å². The molecule has 0 aliphatic heterocycles. The van der Waals surface area contributed by atoms with Gasteiger partial charge in [0, 0.05) is 34.5 Å². The van der Waals surface area contributed by atoms with E-state index in [0.717, 1.165) is 29.9 Å². The molecule has 3 nitrogen and oxygen atoms in total. The van der Waals surface area contributed by atoms with E-state index in [0.29, 0.717) is 10.0 Å². The smallest absolute Gasteiger partial charge is 0.103 e. The largest absolute Gasteiger partial charge is 0.386 e.